The summed E-state index contributed by atoms with van der Waals surface area (Å²) in [6.07, 6.45) is 6.09. The first-order valence-electron chi connectivity index (χ1n) is 8.21. The summed E-state index contributed by atoms with van der Waals surface area (Å²) < 4.78 is 12.0. The van der Waals surface area contributed by atoms with Gasteiger partial charge in [0.1, 0.15) is 11.9 Å². The molecule has 3 nitrogen and oxygen atoms in total. The molecular weight excluding hydrogens is 262 g/mol. The highest BCUT2D eigenvalue weighted by atomic mass is 16.5. The lowest BCUT2D eigenvalue weighted by molar-refractivity contribution is -0.0684. The molecule has 118 valence electrons. The van der Waals surface area contributed by atoms with Crippen molar-refractivity contribution in [3.8, 4) is 5.75 Å². The van der Waals surface area contributed by atoms with E-state index < -0.39 is 0 Å². The van der Waals surface area contributed by atoms with Gasteiger partial charge in [-0.05, 0) is 31.2 Å². The molecule has 1 aliphatic carbocycles. The fourth-order valence-electron chi connectivity index (χ4n) is 3.19. The summed E-state index contributed by atoms with van der Waals surface area (Å²) >= 11 is 0. The topological polar surface area (TPSA) is 44.5 Å². The second-order valence-corrected chi connectivity index (χ2v) is 6.17. The van der Waals surface area contributed by atoms with Crippen LogP contribution in [0.25, 0.3) is 0 Å². The fourth-order valence-corrected chi connectivity index (χ4v) is 3.19. The number of hydrogen-bond acceptors (Lipinski definition) is 3. The number of methoxy groups -OCH3 is 1. The molecule has 1 aromatic rings. The Morgan fingerprint density at radius 3 is 2.62 bits per heavy atom. The minimum absolute atomic E-state index is 0.00423. The van der Waals surface area contributed by atoms with Crippen LogP contribution in [0.2, 0.25) is 0 Å². The molecule has 21 heavy (non-hydrogen) atoms. The monoisotopic (exact) mass is 291 g/mol. The van der Waals surface area contributed by atoms with E-state index in [0.29, 0.717) is 12.0 Å². The maximum atomic E-state index is 6.48. The van der Waals surface area contributed by atoms with E-state index in [4.69, 9.17) is 15.2 Å². The lowest BCUT2D eigenvalue weighted by Gasteiger charge is -2.35. The maximum Gasteiger partial charge on any atom is 0.124 e. The van der Waals surface area contributed by atoms with Crippen molar-refractivity contribution in [2.75, 3.05) is 7.11 Å². The van der Waals surface area contributed by atoms with Gasteiger partial charge in [0, 0.05) is 11.6 Å². The number of hydrogen-bond donors (Lipinski definition) is 1. The van der Waals surface area contributed by atoms with Gasteiger partial charge >= 0.3 is 0 Å². The molecule has 0 heterocycles. The number of nitrogens with two attached hydrogens (primary N) is 1. The SMILES string of the molecule is CCC(N)C(OC1CCCCC1C)c1ccccc1OC. The maximum absolute atomic E-state index is 6.48. The molecule has 3 heteroatoms. The molecule has 0 aromatic heterocycles. The molecule has 0 bridgehead atoms. The first kappa shape index (κ1) is 16.3. The van der Waals surface area contributed by atoms with Crippen molar-refractivity contribution in [2.24, 2.45) is 11.7 Å². The van der Waals surface area contributed by atoms with Gasteiger partial charge in [-0.3, -0.25) is 0 Å². The zero-order valence-corrected chi connectivity index (χ0v) is 13.5. The number of rotatable bonds is 6. The fraction of sp³-hybridized carbons (Fsp3) is 0.667. The largest absolute Gasteiger partial charge is 0.496 e. The summed E-state index contributed by atoms with van der Waals surface area (Å²) in [6.45, 7) is 4.40. The van der Waals surface area contributed by atoms with E-state index in [1.54, 1.807) is 7.11 Å². The molecule has 0 radical (unpaired) electrons. The van der Waals surface area contributed by atoms with Crippen LogP contribution in [0.15, 0.2) is 24.3 Å². The smallest absolute Gasteiger partial charge is 0.124 e. The van der Waals surface area contributed by atoms with Crippen molar-refractivity contribution in [1.29, 1.82) is 0 Å². The minimum Gasteiger partial charge on any atom is -0.496 e. The first-order valence-corrected chi connectivity index (χ1v) is 8.21. The summed E-state index contributed by atoms with van der Waals surface area (Å²) in [5.41, 5.74) is 7.43. The molecule has 1 fully saturated rings. The van der Waals surface area contributed by atoms with Crippen LogP contribution in [0.4, 0.5) is 0 Å². The Kier molecular flexibility index (Phi) is 6.07. The van der Waals surface area contributed by atoms with Crippen LogP contribution >= 0.6 is 0 Å². The van der Waals surface area contributed by atoms with E-state index in [9.17, 15) is 0 Å². The second kappa shape index (κ2) is 7.81. The van der Waals surface area contributed by atoms with Crippen molar-refractivity contribution in [3.05, 3.63) is 29.8 Å². The minimum atomic E-state index is -0.0864. The van der Waals surface area contributed by atoms with Crippen molar-refractivity contribution >= 4 is 0 Å². The molecule has 1 aliphatic rings. The average Bonchev–Trinajstić information content (AvgIpc) is 2.53. The number of para-hydroxylation sites is 1. The zero-order valence-electron chi connectivity index (χ0n) is 13.5. The van der Waals surface area contributed by atoms with Gasteiger partial charge in [0.25, 0.3) is 0 Å². The summed E-state index contributed by atoms with van der Waals surface area (Å²) in [5, 5.41) is 0. The van der Waals surface area contributed by atoms with Crippen LogP contribution in [0.3, 0.4) is 0 Å². The highest BCUT2D eigenvalue weighted by molar-refractivity contribution is 5.36. The first-order chi connectivity index (χ1) is 10.2. The van der Waals surface area contributed by atoms with E-state index in [1.807, 2.05) is 18.2 Å². The molecule has 0 saturated heterocycles. The van der Waals surface area contributed by atoms with Gasteiger partial charge in [0.2, 0.25) is 0 Å². The van der Waals surface area contributed by atoms with Crippen LogP contribution in [0, 0.1) is 5.92 Å². The lowest BCUT2D eigenvalue weighted by Crippen LogP contribution is -2.35. The Balaban J connectivity index is 2.21. The van der Waals surface area contributed by atoms with Gasteiger partial charge < -0.3 is 15.2 Å². The number of benzene rings is 1. The number of ether oxygens (including phenoxy) is 2. The normalized spacial score (nSPS) is 25.3. The Hall–Kier alpha value is -1.06. The third-order valence-corrected chi connectivity index (χ3v) is 4.66. The van der Waals surface area contributed by atoms with Crippen LogP contribution < -0.4 is 10.5 Å². The molecule has 4 unspecified atom stereocenters. The molecule has 1 aromatic carbocycles. The molecule has 4 atom stereocenters. The predicted molar refractivity (Wildman–Crippen MR) is 86.5 cm³/mol. The lowest BCUT2D eigenvalue weighted by atomic mass is 9.87. The van der Waals surface area contributed by atoms with E-state index in [2.05, 4.69) is 19.9 Å². The average molecular weight is 291 g/mol. The Morgan fingerprint density at radius 2 is 1.95 bits per heavy atom. The van der Waals surface area contributed by atoms with Gasteiger partial charge in [-0.2, -0.15) is 0 Å². The van der Waals surface area contributed by atoms with Crippen LogP contribution in [-0.4, -0.2) is 19.3 Å². The summed E-state index contributed by atoms with van der Waals surface area (Å²) in [7, 11) is 1.70. The van der Waals surface area contributed by atoms with Crippen molar-refractivity contribution in [1.82, 2.24) is 0 Å². The van der Waals surface area contributed by atoms with Gasteiger partial charge in [-0.15, -0.1) is 0 Å². The van der Waals surface area contributed by atoms with Crippen LogP contribution in [0.5, 0.6) is 5.75 Å². The van der Waals surface area contributed by atoms with Crippen molar-refractivity contribution in [3.63, 3.8) is 0 Å². The molecule has 2 rings (SSSR count). The van der Waals surface area contributed by atoms with Gasteiger partial charge in [0.15, 0.2) is 0 Å². The third-order valence-electron chi connectivity index (χ3n) is 4.66. The summed E-state index contributed by atoms with van der Waals surface area (Å²) in [6, 6.07) is 8.07. The van der Waals surface area contributed by atoms with Crippen LogP contribution in [-0.2, 0) is 4.74 Å². The van der Waals surface area contributed by atoms with Crippen molar-refractivity contribution in [2.45, 2.75) is 64.2 Å². The quantitative estimate of drug-likeness (QED) is 0.859. The molecular formula is C18H29NO2. The molecule has 1 saturated carbocycles. The molecule has 0 aliphatic heterocycles. The van der Waals surface area contributed by atoms with Crippen molar-refractivity contribution < 1.29 is 9.47 Å². The van der Waals surface area contributed by atoms with E-state index in [-0.39, 0.29) is 12.1 Å². The van der Waals surface area contributed by atoms with Gasteiger partial charge in [-0.1, -0.05) is 44.9 Å². The summed E-state index contributed by atoms with van der Waals surface area (Å²) in [5.74, 6) is 1.48. The molecule has 2 N–H and O–H groups in total. The highest BCUT2D eigenvalue weighted by Crippen LogP contribution is 2.35. The third kappa shape index (κ3) is 3.98. The molecule has 0 amide bonds. The van der Waals surface area contributed by atoms with Gasteiger partial charge in [-0.25, -0.2) is 0 Å². The Labute approximate surface area is 128 Å². The molecule has 0 spiro atoms. The second-order valence-electron chi connectivity index (χ2n) is 6.17. The standard InChI is InChI=1S/C18H29NO2/c1-4-15(19)18(14-10-6-8-12-17(14)20-3)21-16-11-7-5-9-13(16)2/h6,8,10,12-13,15-16,18H,4-5,7,9,11,19H2,1-3H3. The predicted octanol–water partition coefficient (Wildman–Crippen LogP) is 4.07. The van der Waals surface area contributed by atoms with E-state index >= 15 is 0 Å². The Morgan fingerprint density at radius 1 is 1.24 bits per heavy atom. The summed E-state index contributed by atoms with van der Waals surface area (Å²) in [4.78, 5) is 0. The van der Waals surface area contributed by atoms with Crippen LogP contribution in [0.1, 0.15) is 57.6 Å². The Bertz CT molecular complexity index is 435. The van der Waals surface area contributed by atoms with Gasteiger partial charge in [0.05, 0.1) is 13.2 Å². The van der Waals surface area contributed by atoms with E-state index in [0.717, 1.165) is 24.2 Å². The zero-order chi connectivity index (χ0) is 15.2. The highest BCUT2D eigenvalue weighted by Gasteiger charge is 2.30. The van der Waals surface area contributed by atoms with E-state index in [1.165, 1.54) is 19.3 Å².